The molecule has 8 heteroatoms. The first kappa shape index (κ1) is 19.4. The van der Waals surface area contributed by atoms with Crippen molar-refractivity contribution >= 4 is 22.6 Å². The van der Waals surface area contributed by atoms with E-state index in [1.54, 1.807) is 37.2 Å². The average molecular weight is 377 g/mol. The second kappa shape index (κ2) is 6.99. The van der Waals surface area contributed by atoms with Gasteiger partial charge < -0.3 is 16.0 Å². The highest BCUT2D eigenvalue weighted by Gasteiger charge is 2.41. The zero-order valence-corrected chi connectivity index (χ0v) is 15.8. The van der Waals surface area contributed by atoms with Crippen LogP contribution in [0.4, 0.5) is 14.5 Å². The third kappa shape index (κ3) is 4.68. The number of anilines is 1. The third-order valence-corrected chi connectivity index (χ3v) is 4.54. The van der Waals surface area contributed by atoms with E-state index in [2.05, 4.69) is 15.3 Å². The van der Waals surface area contributed by atoms with E-state index in [9.17, 15) is 13.6 Å². The summed E-state index contributed by atoms with van der Waals surface area (Å²) in [5, 5.41) is 2.71. The SMILES string of the molecule is Cc1ccc(N2CC(NC(=O)CC(C)(C)N)CC(F)(F)C2)c2nccnc12. The van der Waals surface area contributed by atoms with Crippen LogP contribution in [-0.4, -0.2) is 46.5 Å². The van der Waals surface area contributed by atoms with Crippen molar-refractivity contribution in [2.75, 3.05) is 18.0 Å². The first-order valence-electron chi connectivity index (χ1n) is 8.95. The summed E-state index contributed by atoms with van der Waals surface area (Å²) in [7, 11) is 0. The number of rotatable bonds is 4. The number of aryl methyl sites for hydroxylation is 1. The number of aromatic nitrogens is 2. The number of nitrogens with zero attached hydrogens (tertiary/aromatic N) is 3. The van der Waals surface area contributed by atoms with Crippen LogP contribution in [0.25, 0.3) is 11.0 Å². The van der Waals surface area contributed by atoms with Crippen LogP contribution in [0.1, 0.15) is 32.3 Å². The van der Waals surface area contributed by atoms with Crippen molar-refractivity contribution in [1.29, 1.82) is 0 Å². The lowest BCUT2D eigenvalue weighted by Gasteiger charge is -2.39. The highest BCUT2D eigenvalue weighted by molar-refractivity contribution is 5.90. The van der Waals surface area contributed by atoms with Crippen LogP contribution >= 0.6 is 0 Å². The standard InChI is InChI=1S/C19H25F2N5O/c1-12-4-5-14(17-16(12)23-6-7-24-17)26-10-13(8-19(20,21)11-26)25-15(27)9-18(2,3)22/h4-7,13H,8-11,22H2,1-3H3,(H,25,27). The second-order valence-electron chi connectivity index (χ2n) is 8.03. The van der Waals surface area contributed by atoms with E-state index in [-0.39, 0.29) is 18.9 Å². The van der Waals surface area contributed by atoms with Crippen molar-refractivity contribution < 1.29 is 13.6 Å². The number of carbonyl (C=O) groups is 1. The van der Waals surface area contributed by atoms with Crippen LogP contribution in [0, 0.1) is 6.92 Å². The zero-order chi connectivity index (χ0) is 19.8. The van der Waals surface area contributed by atoms with Gasteiger partial charge in [-0.25, -0.2) is 8.78 Å². The minimum Gasteiger partial charge on any atom is -0.362 e. The number of alkyl halides is 2. The summed E-state index contributed by atoms with van der Waals surface area (Å²) in [6, 6.07) is 2.97. The number of halogens is 2. The molecule has 0 spiro atoms. The summed E-state index contributed by atoms with van der Waals surface area (Å²) in [5.41, 5.74) is 7.97. The van der Waals surface area contributed by atoms with Crippen LogP contribution < -0.4 is 16.0 Å². The average Bonchev–Trinajstić information content (AvgIpc) is 2.52. The Morgan fingerprint density at radius 2 is 2.00 bits per heavy atom. The summed E-state index contributed by atoms with van der Waals surface area (Å²) >= 11 is 0. The molecule has 1 saturated heterocycles. The van der Waals surface area contributed by atoms with E-state index in [0.717, 1.165) is 5.56 Å². The minimum atomic E-state index is -2.92. The fourth-order valence-corrected chi connectivity index (χ4v) is 3.50. The number of piperidine rings is 1. The Balaban J connectivity index is 1.86. The topological polar surface area (TPSA) is 84.1 Å². The van der Waals surface area contributed by atoms with Gasteiger partial charge in [-0.1, -0.05) is 6.07 Å². The Labute approximate surface area is 157 Å². The molecule has 1 aliphatic rings. The van der Waals surface area contributed by atoms with Gasteiger partial charge in [0.1, 0.15) is 5.52 Å². The van der Waals surface area contributed by atoms with Gasteiger partial charge in [-0.15, -0.1) is 0 Å². The summed E-state index contributed by atoms with van der Waals surface area (Å²) in [5.74, 6) is -3.24. The van der Waals surface area contributed by atoms with E-state index in [1.165, 1.54) is 0 Å². The van der Waals surface area contributed by atoms with Crippen molar-refractivity contribution in [3.05, 3.63) is 30.1 Å². The van der Waals surface area contributed by atoms with E-state index in [4.69, 9.17) is 5.73 Å². The highest BCUT2D eigenvalue weighted by Crippen LogP contribution is 2.33. The lowest BCUT2D eigenvalue weighted by Crippen LogP contribution is -2.56. The molecule has 0 aliphatic carbocycles. The molecule has 0 radical (unpaired) electrons. The van der Waals surface area contributed by atoms with Crippen molar-refractivity contribution in [1.82, 2.24) is 15.3 Å². The van der Waals surface area contributed by atoms with Crippen molar-refractivity contribution in [2.24, 2.45) is 5.73 Å². The van der Waals surface area contributed by atoms with Crippen LogP contribution in [0.15, 0.2) is 24.5 Å². The molecule has 1 unspecified atom stereocenters. The van der Waals surface area contributed by atoms with E-state index in [0.29, 0.717) is 16.7 Å². The van der Waals surface area contributed by atoms with Crippen LogP contribution in [0.5, 0.6) is 0 Å². The molecule has 1 amide bonds. The molecular weight excluding hydrogens is 352 g/mol. The third-order valence-electron chi connectivity index (χ3n) is 4.54. The minimum absolute atomic E-state index is 0.0774. The van der Waals surface area contributed by atoms with Crippen LogP contribution in [0.2, 0.25) is 0 Å². The Morgan fingerprint density at radius 1 is 1.33 bits per heavy atom. The van der Waals surface area contributed by atoms with Crippen LogP contribution in [-0.2, 0) is 4.79 Å². The van der Waals surface area contributed by atoms with Gasteiger partial charge in [0.25, 0.3) is 5.92 Å². The van der Waals surface area contributed by atoms with Crippen LogP contribution in [0.3, 0.4) is 0 Å². The van der Waals surface area contributed by atoms with Crippen molar-refractivity contribution in [3.8, 4) is 0 Å². The largest absolute Gasteiger partial charge is 0.362 e. The van der Waals surface area contributed by atoms with Gasteiger partial charge in [0, 0.05) is 37.3 Å². The van der Waals surface area contributed by atoms with Crippen molar-refractivity contribution in [3.63, 3.8) is 0 Å². The maximum absolute atomic E-state index is 14.4. The number of hydrogen-bond acceptors (Lipinski definition) is 5. The summed E-state index contributed by atoms with van der Waals surface area (Å²) in [4.78, 5) is 22.4. The predicted octanol–water partition coefficient (Wildman–Crippen LogP) is 2.40. The molecule has 6 nitrogen and oxygen atoms in total. The molecule has 1 fully saturated rings. The highest BCUT2D eigenvalue weighted by atomic mass is 19.3. The van der Waals surface area contributed by atoms with Gasteiger partial charge in [-0.2, -0.15) is 0 Å². The van der Waals surface area contributed by atoms with E-state index in [1.807, 2.05) is 13.0 Å². The molecule has 3 N–H and O–H groups in total. The monoisotopic (exact) mass is 377 g/mol. The molecule has 146 valence electrons. The fraction of sp³-hybridized carbons (Fsp3) is 0.526. The van der Waals surface area contributed by atoms with Gasteiger partial charge in [0.2, 0.25) is 5.91 Å². The van der Waals surface area contributed by atoms with Crippen molar-refractivity contribution in [2.45, 2.75) is 51.1 Å². The molecule has 2 heterocycles. The smallest absolute Gasteiger partial charge is 0.267 e. The van der Waals surface area contributed by atoms with Gasteiger partial charge in [0.15, 0.2) is 0 Å². The fourth-order valence-electron chi connectivity index (χ4n) is 3.50. The first-order valence-corrected chi connectivity index (χ1v) is 8.95. The number of carbonyl (C=O) groups excluding carboxylic acids is 1. The normalized spacial score (nSPS) is 19.9. The van der Waals surface area contributed by atoms with Gasteiger partial charge >= 0.3 is 0 Å². The number of amides is 1. The zero-order valence-electron chi connectivity index (χ0n) is 15.8. The Morgan fingerprint density at radius 3 is 2.67 bits per heavy atom. The number of nitrogens with one attached hydrogen (secondary N) is 1. The molecule has 1 aliphatic heterocycles. The second-order valence-corrected chi connectivity index (χ2v) is 8.03. The maximum atomic E-state index is 14.4. The van der Waals surface area contributed by atoms with E-state index >= 15 is 0 Å². The molecule has 1 atom stereocenters. The van der Waals surface area contributed by atoms with E-state index < -0.39 is 30.5 Å². The molecule has 3 rings (SSSR count). The van der Waals surface area contributed by atoms with Gasteiger partial charge in [0.05, 0.1) is 23.8 Å². The quantitative estimate of drug-likeness (QED) is 0.855. The molecule has 2 aromatic rings. The molecule has 0 saturated carbocycles. The summed E-state index contributed by atoms with van der Waals surface area (Å²) < 4.78 is 28.8. The van der Waals surface area contributed by atoms with Gasteiger partial charge in [-0.3, -0.25) is 14.8 Å². The number of benzene rings is 1. The summed E-state index contributed by atoms with van der Waals surface area (Å²) in [6.07, 6.45) is 2.82. The Kier molecular flexibility index (Phi) is 5.03. The molecule has 27 heavy (non-hydrogen) atoms. The lowest BCUT2D eigenvalue weighted by molar-refractivity contribution is -0.123. The maximum Gasteiger partial charge on any atom is 0.267 e. The molecule has 1 aromatic carbocycles. The molecular formula is C19H25F2N5O. The Hall–Kier alpha value is -2.35. The number of nitrogens with two attached hydrogens (primary N) is 1. The van der Waals surface area contributed by atoms with Gasteiger partial charge in [-0.05, 0) is 32.4 Å². The summed E-state index contributed by atoms with van der Waals surface area (Å²) in [6.45, 7) is 5.22. The molecule has 1 aromatic heterocycles. The number of fused-ring (bicyclic) bond motifs is 1. The Bertz CT molecular complexity index is 850. The lowest BCUT2D eigenvalue weighted by atomic mass is 9.98. The first-order chi connectivity index (χ1) is 12.5. The predicted molar refractivity (Wildman–Crippen MR) is 101 cm³/mol. The number of hydrogen-bond donors (Lipinski definition) is 2. The molecule has 0 bridgehead atoms.